The van der Waals surface area contributed by atoms with Crippen molar-refractivity contribution in [3.05, 3.63) is 29.6 Å². The first-order chi connectivity index (χ1) is 8.54. The van der Waals surface area contributed by atoms with Crippen molar-refractivity contribution in [3.8, 4) is 5.75 Å². The lowest BCUT2D eigenvalue weighted by Crippen LogP contribution is -2.44. The monoisotopic (exact) mass is 250 g/mol. The maximum absolute atomic E-state index is 13.3. The fourth-order valence-electron chi connectivity index (χ4n) is 2.65. The summed E-state index contributed by atoms with van der Waals surface area (Å²) in [4.78, 5) is 22.8. The van der Waals surface area contributed by atoms with Crippen molar-refractivity contribution in [2.24, 2.45) is 11.7 Å². The smallest absolute Gasteiger partial charge is 0.318 e. The number of halogens is 1. The van der Waals surface area contributed by atoms with E-state index in [1.54, 1.807) is 0 Å². The van der Waals surface area contributed by atoms with Crippen molar-refractivity contribution in [3.63, 3.8) is 0 Å². The number of ether oxygens (including phenoxy) is 1. The van der Waals surface area contributed by atoms with Crippen LogP contribution in [-0.4, -0.2) is 18.5 Å². The molecule has 0 saturated heterocycles. The van der Waals surface area contributed by atoms with Crippen LogP contribution in [0.25, 0.3) is 0 Å². The van der Waals surface area contributed by atoms with Gasteiger partial charge in [0.25, 0.3) is 0 Å². The number of imide groups is 1. The van der Waals surface area contributed by atoms with Gasteiger partial charge in [-0.05, 0) is 24.6 Å². The molecule has 1 fully saturated rings. The Bertz CT molecular complexity index is 560. The fraction of sp³-hybridized carbons (Fsp3) is 0.333. The number of urea groups is 1. The van der Waals surface area contributed by atoms with E-state index in [0.717, 1.165) is 0 Å². The zero-order chi connectivity index (χ0) is 12.9. The molecule has 3 N–H and O–H groups in total. The van der Waals surface area contributed by atoms with Crippen LogP contribution in [-0.2, 0) is 10.2 Å². The van der Waals surface area contributed by atoms with E-state index in [9.17, 15) is 14.0 Å². The number of fused-ring (bicyclic) bond motifs is 3. The summed E-state index contributed by atoms with van der Waals surface area (Å²) in [6.45, 7) is 0.394. The molecule has 3 rings (SSSR count). The Balaban J connectivity index is 2.04. The van der Waals surface area contributed by atoms with Crippen LogP contribution in [0.5, 0.6) is 5.75 Å². The molecule has 0 radical (unpaired) electrons. The summed E-state index contributed by atoms with van der Waals surface area (Å²) in [7, 11) is 0. The molecule has 2 aliphatic rings. The van der Waals surface area contributed by atoms with Gasteiger partial charge in [-0.3, -0.25) is 10.1 Å². The highest BCUT2D eigenvalue weighted by atomic mass is 19.1. The number of hydrogen-bond acceptors (Lipinski definition) is 3. The number of hydrogen-bond donors (Lipinski definition) is 2. The van der Waals surface area contributed by atoms with Crippen LogP contribution in [0.2, 0.25) is 0 Å². The van der Waals surface area contributed by atoms with E-state index in [-0.39, 0.29) is 5.92 Å². The first kappa shape index (κ1) is 11.0. The molecular formula is C12H11FN2O3. The summed E-state index contributed by atoms with van der Waals surface area (Å²) in [5, 5.41) is 2.08. The van der Waals surface area contributed by atoms with Gasteiger partial charge in [0.05, 0.1) is 12.0 Å². The van der Waals surface area contributed by atoms with Crippen molar-refractivity contribution in [2.45, 2.75) is 11.8 Å². The van der Waals surface area contributed by atoms with Crippen LogP contribution in [0, 0.1) is 11.7 Å². The van der Waals surface area contributed by atoms with Gasteiger partial charge in [-0.2, -0.15) is 0 Å². The molecule has 1 aliphatic carbocycles. The number of carbonyl (C=O) groups is 2. The van der Waals surface area contributed by atoms with Crippen molar-refractivity contribution in [1.29, 1.82) is 0 Å². The van der Waals surface area contributed by atoms with Gasteiger partial charge < -0.3 is 10.5 Å². The maximum Gasteiger partial charge on any atom is 0.318 e. The SMILES string of the molecule is NC(=O)NC(=O)C12CC1COc1ccc(F)cc12. The zero-order valence-electron chi connectivity index (χ0n) is 9.40. The highest BCUT2D eigenvalue weighted by Gasteiger charge is 2.64. The van der Waals surface area contributed by atoms with E-state index in [2.05, 4.69) is 5.32 Å². The normalized spacial score (nSPS) is 27.5. The largest absolute Gasteiger partial charge is 0.493 e. The van der Waals surface area contributed by atoms with E-state index in [0.29, 0.717) is 24.3 Å². The quantitative estimate of drug-likeness (QED) is 0.768. The molecule has 2 atom stereocenters. The summed E-state index contributed by atoms with van der Waals surface area (Å²) in [6, 6.07) is 3.17. The molecule has 1 aromatic rings. The second-order valence-electron chi connectivity index (χ2n) is 4.64. The molecule has 0 spiro atoms. The predicted octanol–water partition coefficient (Wildman–Crippen LogP) is 0.671. The van der Waals surface area contributed by atoms with Gasteiger partial charge >= 0.3 is 6.03 Å². The summed E-state index contributed by atoms with van der Waals surface area (Å²) in [5.74, 6) is -0.442. The topological polar surface area (TPSA) is 81.4 Å². The molecule has 1 aromatic carbocycles. The van der Waals surface area contributed by atoms with Gasteiger partial charge in [-0.25, -0.2) is 9.18 Å². The summed E-state index contributed by atoms with van der Waals surface area (Å²) in [5.41, 5.74) is 4.59. The lowest BCUT2D eigenvalue weighted by Gasteiger charge is -2.24. The number of nitrogens with one attached hydrogen (secondary N) is 1. The van der Waals surface area contributed by atoms with Gasteiger partial charge in [-0.1, -0.05) is 0 Å². The Kier molecular flexibility index (Phi) is 2.10. The van der Waals surface area contributed by atoms with E-state index < -0.39 is 23.2 Å². The van der Waals surface area contributed by atoms with Crippen molar-refractivity contribution in [2.75, 3.05) is 6.61 Å². The standard InChI is InChI=1S/C12H11FN2O3/c13-7-1-2-9-8(3-7)12(4-6(12)5-18-9)10(16)15-11(14)17/h1-3,6H,4-5H2,(H3,14,15,16,17). The van der Waals surface area contributed by atoms with Crippen LogP contribution in [0.4, 0.5) is 9.18 Å². The average molecular weight is 250 g/mol. The first-order valence-corrected chi connectivity index (χ1v) is 5.58. The second-order valence-corrected chi connectivity index (χ2v) is 4.64. The van der Waals surface area contributed by atoms with Crippen LogP contribution in [0.15, 0.2) is 18.2 Å². The van der Waals surface area contributed by atoms with E-state index in [1.165, 1.54) is 18.2 Å². The minimum Gasteiger partial charge on any atom is -0.493 e. The van der Waals surface area contributed by atoms with Crippen LogP contribution in [0.1, 0.15) is 12.0 Å². The van der Waals surface area contributed by atoms with Gasteiger partial charge in [0.15, 0.2) is 0 Å². The molecule has 0 aromatic heterocycles. The van der Waals surface area contributed by atoms with Crippen LogP contribution < -0.4 is 15.8 Å². The Hall–Kier alpha value is -2.11. The van der Waals surface area contributed by atoms with Gasteiger partial charge in [0, 0.05) is 11.5 Å². The Labute approximate surface area is 102 Å². The molecule has 5 nitrogen and oxygen atoms in total. The fourth-order valence-corrected chi connectivity index (χ4v) is 2.65. The number of nitrogens with two attached hydrogens (primary N) is 1. The number of benzene rings is 1. The number of carbonyl (C=O) groups excluding carboxylic acids is 2. The van der Waals surface area contributed by atoms with Crippen molar-refractivity contribution >= 4 is 11.9 Å². The first-order valence-electron chi connectivity index (χ1n) is 5.58. The van der Waals surface area contributed by atoms with Gasteiger partial charge in [-0.15, -0.1) is 0 Å². The summed E-state index contributed by atoms with van der Waals surface area (Å²) >= 11 is 0. The second kappa shape index (κ2) is 3.44. The Morgan fingerprint density at radius 2 is 2.28 bits per heavy atom. The molecule has 6 heteroatoms. The highest BCUT2D eigenvalue weighted by Crippen LogP contribution is 2.59. The van der Waals surface area contributed by atoms with Crippen molar-refractivity contribution in [1.82, 2.24) is 5.32 Å². The number of rotatable bonds is 1. The summed E-state index contributed by atoms with van der Waals surface area (Å²) in [6.07, 6.45) is 0.544. The van der Waals surface area contributed by atoms with E-state index in [1.807, 2.05) is 0 Å². The minimum absolute atomic E-state index is 0.0221. The van der Waals surface area contributed by atoms with E-state index >= 15 is 0 Å². The third-order valence-electron chi connectivity index (χ3n) is 3.61. The molecule has 1 saturated carbocycles. The van der Waals surface area contributed by atoms with Crippen LogP contribution in [0.3, 0.4) is 0 Å². The molecule has 18 heavy (non-hydrogen) atoms. The minimum atomic E-state index is -0.899. The molecule has 1 aliphatic heterocycles. The molecule has 94 valence electrons. The maximum atomic E-state index is 13.3. The molecule has 1 heterocycles. The van der Waals surface area contributed by atoms with Crippen LogP contribution >= 0.6 is 0 Å². The number of amides is 3. The van der Waals surface area contributed by atoms with Gasteiger partial charge in [0.1, 0.15) is 11.6 Å². The third kappa shape index (κ3) is 1.38. The van der Waals surface area contributed by atoms with E-state index in [4.69, 9.17) is 10.5 Å². The lowest BCUT2D eigenvalue weighted by atomic mass is 9.90. The summed E-state index contributed by atoms with van der Waals surface area (Å²) < 4.78 is 18.8. The Morgan fingerprint density at radius 3 is 3.00 bits per heavy atom. The van der Waals surface area contributed by atoms with Crippen molar-refractivity contribution < 1.29 is 18.7 Å². The molecule has 2 unspecified atom stereocenters. The third-order valence-corrected chi connectivity index (χ3v) is 3.61. The molecular weight excluding hydrogens is 239 g/mol. The average Bonchev–Trinajstić information content (AvgIpc) is 3.04. The molecule has 3 amide bonds. The Morgan fingerprint density at radius 1 is 1.50 bits per heavy atom. The highest BCUT2D eigenvalue weighted by molar-refractivity contribution is 6.02. The lowest BCUT2D eigenvalue weighted by molar-refractivity contribution is -0.123. The van der Waals surface area contributed by atoms with Gasteiger partial charge in [0.2, 0.25) is 5.91 Å². The zero-order valence-corrected chi connectivity index (χ0v) is 9.40. The number of primary amides is 1. The molecule has 0 bridgehead atoms. The predicted molar refractivity (Wildman–Crippen MR) is 59.4 cm³/mol.